The third-order valence-electron chi connectivity index (χ3n) is 3.19. The second-order valence-corrected chi connectivity index (χ2v) is 4.54. The summed E-state index contributed by atoms with van der Waals surface area (Å²) in [7, 11) is 1.95. The average molecular weight is 237 g/mol. The smallest absolute Gasteiger partial charge is 0.0521 e. The summed E-state index contributed by atoms with van der Waals surface area (Å²) in [6, 6.07) is 8.40. The number of rotatable bonds is 3. The highest BCUT2D eigenvalue weighted by Gasteiger charge is 2.02. The minimum absolute atomic E-state index is 1.00. The number of aromatic nitrogens is 3. The van der Waals surface area contributed by atoms with Crippen LogP contribution in [-0.2, 0) is 19.9 Å². The molecule has 0 saturated carbocycles. The van der Waals surface area contributed by atoms with Crippen LogP contribution in [0.1, 0.15) is 11.1 Å². The van der Waals surface area contributed by atoms with E-state index < -0.39 is 0 Å². The molecule has 3 nitrogen and oxygen atoms in total. The Morgan fingerprint density at radius 3 is 2.78 bits per heavy atom. The standard InChI is InChI=1S/C15H15N3/c1-18-11-12(8-17-18)6-7-14-10-16-9-13-4-2-3-5-15(13)14/h2-5,8-11H,6-7H2,1H3. The first-order valence-corrected chi connectivity index (χ1v) is 6.12. The number of pyridine rings is 1. The molecule has 3 heteroatoms. The van der Waals surface area contributed by atoms with Crippen molar-refractivity contribution < 1.29 is 0 Å². The van der Waals surface area contributed by atoms with Crippen molar-refractivity contribution in [3.05, 3.63) is 60.2 Å². The summed E-state index contributed by atoms with van der Waals surface area (Å²) in [6.07, 6.45) is 9.89. The van der Waals surface area contributed by atoms with Crippen LogP contribution >= 0.6 is 0 Å². The van der Waals surface area contributed by atoms with E-state index in [1.165, 1.54) is 21.9 Å². The molecule has 0 aliphatic carbocycles. The molecule has 0 bridgehead atoms. The Morgan fingerprint density at radius 2 is 1.94 bits per heavy atom. The van der Waals surface area contributed by atoms with Gasteiger partial charge in [0.15, 0.2) is 0 Å². The zero-order valence-corrected chi connectivity index (χ0v) is 10.4. The third-order valence-corrected chi connectivity index (χ3v) is 3.19. The summed E-state index contributed by atoms with van der Waals surface area (Å²) < 4.78 is 1.84. The first-order valence-electron chi connectivity index (χ1n) is 6.12. The maximum absolute atomic E-state index is 4.31. The fourth-order valence-corrected chi connectivity index (χ4v) is 2.26. The third kappa shape index (κ3) is 2.12. The normalized spacial score (nSPS) is 10.9. The van der Waals surface area contributed by atoms with Crippen LogP contribution < -0.4 is 0 Å². The number of hydrogen-bond acceptors (Lipinski definition) is 2. The number of nitrogens with zero attached hydrogens (tertiary/aromatic N) is 3. The van der Waals surface area contributed by atoms with E-state index in [1.54, 1.807) is 0 Å². The molecule has 0 spiro atoms. The molecule has 0 aliphatic rings. The number of aryl methyl sites for hydroxylation is 3. The van der Waals surface area contributed by atoms with Crippen LogP contribution in [-0.4, -0.2) is 14.8 Å². The van der Waals surface area contributed by atoms with E-state index in [1.807, 2.05) is 30.3 Å². The summed E-state index contributed by atoms with van der Waals surface area (Å²) in [6.45, 7) is 0. The van der Waals surface area contributed by atoms with E-state index in [2.05, 4.69) is 40.5 Å². The molecule has 0 atom stereocenters. The predicted molar refractivity (Wildman–Crippen MR) is 72.4 cm³/mol. The minimum Gasteiger partial charge on any atom is -0.276 e. The summed E-state index contributed by atoms with van der Waals surface area (Å²) in [5.74, 6) is 0. The van der Waals surface area contributed by atoms with Gasteiger partial charge in [0.25, 0.3) is 0 Å². The molecule has 0 fully saturated rings. The van der Waals surface area contributed by atoms with Crippen molar-refractivity contribution in [2.24, 2.45) is 7.05 Å². The van der Waals surface area contributed by atoms with Crippen molar-refractivity contribution in [3.63, 3.8) is 0 Å². The zero-order chi connectivity index (χ0) is 12.4. The van der Waals surface area contributed by atoms with Gasteiger partial charge < -0.3 is 0 Å². The van der Waals surface area contributed by atoms with Gasteiger partial charge in [-0.3, -0.25) is 9.67 Å². The molecule has 2 aromatic heterocycles. The minimum atomic E-state index is 1.00. The van der Waals surface area contributed by atoms with Crippen LogP contribution in [0.4, 0.5) is 0 Å². The lowest BCUT2D eigenvalue weighted by Crippen LogP contribution is -1.93. The highest BCUT2D eigenvalue weighted by atomic mass is 15.2. The molecule has 0 amide bonds. The quantitative estimate of drug-likeness (QED) is 0.701. The maximum Gasteiger partial charge on any atom is 0.0521 e. The molecule has 90 valence electrons. The van der Waals surface area contributed by atoms with Crippen molar-refractivity contribution in [2.45, 2.75) is 12.8 Å². The molecule has 0 unspecified atom stereocenters. The Bertz CT molecular complexity index is 665. The van der Waals surface area contributed by atoms with Gasteiger partial charge in [-0.25, -0.2) is 0 Å². The van der Waals surface area contributed by atoms with Gasteiger partial charge >= 0.3 is 0 Å². The van der Waals surface area contributed by atoms with Gasteiger partial charge in [0.2, 0.25) is 0 Å². The second-order valence-electron chi connectivity index (χ2n) is 4.54. The highest BCUT2D eigenvalue weighted by Crippen LogP contribution is 2.18. The fraction of sp³-hybridized carbons (Fsp3) is 0.200. The van der Waals surface area contributed by atoms with Crippen molar-refractivity contribution in [1.29, 1.82) is 0 Å². The van der Waals surface area contributed by atoms with E-state index in [9.17, 15) is 0 Å². The molecule has 3 rings (SSSR count). The van der Waals surface area contributed by atoms with E-state index >= 15 is 0 Å². The zero-order valence-electron chi connectivity index (χ0n) is 10.4. The topological polar surface area (TPSA) is 30.7 Å². The van der Waals surface area contributed by atoms with Crippen LogP contribution in [0.3, 0.4) is 0 Å². The Balaban J connectivity index is 1.86. The summed E-state index contributed by atoms with van der Waals surface area (Å²) in [5, 5.41) is 6.70. The molecule has 0 saturated heterocycles. The Labute approximate surface area is 106 Å². The van der Waals surface area contributed by atoms with Gasteiger partial charge in [0.05, 0.1) is 6.20 Å². The summed E-state index contributed by atoms with van der Waals surface area (Å²) >= 11 is 0. The fourth-order valence-electron chi connectivity index (χ4n) is 2.26. The summed E-state index contributed by atoms with van der Waals surface area (Å²) in [4.78, 5) is 4.31. The lowest BCUT2D eigenvalue weighted by atomic mass is 10.0. The van der Waals surface area contributed by atoms with E-state index in [4.69, 9.17) is 0 Å². The van der Waals surface area contributed by atoms with Crippen molar-refractivity contribution in [2.75, 3.05) is 0 Å². The van der Waals surface area contributed by atoms with Crippen LogP contribution in [0.2, 0.25) is 0 Å². The monoisotopic (exact) mass is 237 g/mol. The van der Waals surface area contributed by atoms with Crippen molar-refractivity contribution in [3.8, 4) is 0 Å². The van der Waals surface area contributed by atoms with E-state index in [0.717, 1.165) is 12.8 Å². The van der Waals surface area contributed by atoms with Gasteiger partial charge in [0, 0.05) is 31.0 Å². The first-order chi connectivity index (χ1) is 8.83. The largest absolute Gasteiger partial charge is 0.276 e. The van der Waals surface area contributed by atoms with Gasteiger partial charge in [0.1, 0.15) is 0 Å². The predicted octanol–water partition coefficient (Wildman–Crippen LogP) is 2.75. The molecule has 0 radical (unpaired) electrons. The number of benzene rings is 1. The molecular weight excluding hydrogens is 222 g/mol. The van der Waals surface area contributed by atoms with Crippen molar-refractivity contribution >= 4 is 10.8 Å². The lowest BCUT2D eigenvalue weighted by molar-refractivity contribution is 0.766. The lowest BCUT2D eigenvalue weighted by Gasteiger charge is -2.04. The Morgan fingerprint density at radius 1 is 1.06 bits per heavy atom. The molecule has 3 aromatic rings. The molecule has 2 heterocycles. The molecule has 18 heavy (non-hydrogen) atoms. The van der Waals surface area contributed by atoms with Crippen LogP contribution in [0, 0.1) is 0 Å². The van der Waals surface area contributed by atoms with Crippen molar-refractivity contribution in [1.82, 2.24) is 14.8 Å². The van der Waals surface area contributed by atoms with Gasteiger partial charge in [-0.2, -0.15) is 5.10 Å². The van der Waals surface area contributed by atoms with Gasteiger partial charge in [-0.1, -0.05) is 24.3 Å². The maximum atomic E-state index is 4.31. The van der Waals surface area contributed by atoms with Crippen LogP contribution in [0.5, 0.6) is 0 Å². The number of hydrogen-bond donors (Lipinski definition) is 0. The van der Waals surface area contributed by atoms with Crippen LogP contribution in [0.25, 0.3) is 10.8 Å². The van der Waals surface area contributed by atoms with E-state index in [0.29, 0.717) is 0 Å². The number of fused-ring (bicyclic) bond motifs is 1. The SMILES string of the molecule is Cn1cc(CCc2cncc3ccccc23)cn1. The average Bonchev–Trinajstić information content (AvgIpc) is 2.82. The highest BCUT2D eigenvalue weighted by molar-refractivity contribution is 5.84. The Hall–Kier alpha value is -2.16. The molecule has 0 N–H and O–H groups in total. The van der Waals surface area contributed by atoms with E-state index in [-0.39, 0.29) is 0 Å². The molecule has 0 aliphatic heterocycles. The van der Waals surface area contributed by atoms with Gasteiger partial charge in [-0.05, 0) is 29.4 Å². The van der Waals surface area contributed by atoms with Gasteiger partial charge in [-0.15, -0.1) is 0 Å². The second kappa shape index (κ2) is 4.61. The molecule has 1 aromatic carbocycles. The first kappa shape index (κ1) is 11.0. The molecular formula is C15H15N3. The summed E-state index contributed by atoms with van der Waals surface area (Å²) in [5.41, 5.74) is 2.57. The van der Waals surface area contributed by atoms with Crippen LogP contribution in [0.15, 0.2) is 49.1 Å². The Kier molecular flexibility index (Phi) is 2.81.